The first-order valence-corrected chi connectivity index (χ1v) is 8.04. The Morgan fingerprint density at radius 3 is 2.41 bits per heavy atom. The number of nitrogen functional groups attached to an aromatic ring is 1. The summed E-state index contributed by atoms with van der Waals surface area (Å²) >= 11 is 0. The Morgan fingerprint density at radius 2 is 1.68 bits per heavy atom. The molecule has 0 unspecified atom stereocenters. The van der Waals surface area contributed by atoms with E-state index in [9.17, 15) is 13.5 Å². The van der Waals surface area contributed by atoms with Crippen LogP contribution in [0.3, 0.4) is 0 Å². The topological polar surface area (TPSA) is 92.4 Å². The standard InChI is InChI=1S/C16H14N2O3S/c17-12-7-6-11-8-14(10-16(19)15(11)9-12)22(20,21)18-13-4-2-1-3-5-13/h1-10,18-19H,17H2. The molecule has 0 bridgehead atoms. The number of para-hydroxylation sites is 1. The molecule has 0 atom stereocenters. The molecule has 0 aromatic heterocycles. The average Bonchev–Trinajstić information content (AvgIpc) is 2.48. The molecule has 112 valence electrons. The largest absolute Gasteiger partial charge is 0.507 e. The van der Waals surface area contributed by atoms with Gasteiger partial charge in [0, 0.05) is 22.8 Å². The molecule has 22 heavy (non-hydrogen) atoms. The molecule has 3 aromatic rings. The van der Waals surface area contributed by atoms with Crippen molar-refractivity contribution < 1.29 is 13.5 Å². The van der Waals surface area contributed by atoms with Gasteiger partial charge in [-0.15, -0.1) is 0 Å². The van der Waals surface area contributed by atoms with Crippen LogP contribution in [0.5, 0.6) is 5.75 Å². The molecule has 6 heteroatoms. The Bertz CT molecular complexity index is 938. The summed E-state index contributed by atoms with van der Waals surface area (Å²) in [7, 11) is -3.78. The summed E-state index contributed by atoms with van der Waals surface area (Å²) < 4.78 is 27.3. The van der Waals surface area contributed by atoms with E-state index in [1.807, 2.05) is 0 Å². The van der Waals surface area contributed by atoms with Gasteiger partial charge in [0.1, 0.15) is 5.75 Å². The molecule has 5 nitrogen and oxygen atoms in total. The normalized spacial score (nSPS) is 11.5. The summed E-state index contributed by atoms with van der Waals surface area (Å²) in [6.45, 7) is 0. The first kappa shape index (κ1) is 14.2. The minimum Gasteiger partial charge on any atom is -0.507 e. The molecule has 0 aliphatic carbocycles. The van der Waals surface area contributed by atoms with E-state index < -0.39 is 10.0 Å². The monoisotopic (exact) mass is 314 g/mol. The van der Waals surface area contributed by atoms with Crippen molar-refractivity contribution in [3.8, 4) is 5.75 Å². The minimum absolute atomic E-state index is 0.00822. The van der Waals surface area contributed by atoms with Crippen molar-refractivity contribution in [3.05, 3.63) is 60.7 Å². The zero-order valence-electron chi connectivity index (χ0n) is 11.5. The Kier molecular flexibility index (Phi) is 3.38. The number of nitrogens with one attached hydrogen (secondary N) is 1. The van der Waals surface area contributed by atoms with E-state index in [1.165, 1.54) is 12.1 Å². The molecule has 0 saturated carbocycles. The van der Waals surface area contributed by atoms with Crippen LogP contribution in [-0.4, -0.2) is 13.5 Å². The zero-order chi connectivity index (χ0) is 15.7. The molecule has 4 N–H and O–H groups in total. The molecule has 0 aliphatic heterocycles. The number of rotatable bonds is 3. The van der Waals surface area contributed by atoms with Gasteiger partial charge in [0.25, 0.3) is 10.0 Å². The maximum Gasteiger partial charge on any atom is 0.262 e. The molecule has 0 fully saturated rings. The Balaban J connectivity index is 2.07. The summed E-state index contributed by atoms with van der Waals surface area (Å²) in [5.74, 6) is -0.127. The first-order chi connectivity index (χ1) is 10.5. The number of nitrogens with two attached hydrogens (primary N) is 1. The van der Waals surface area contributed by atoms with E-state index in [-0.39, 0.29) is 10.6 Å². The second kappa shape index (κ2) is 5.23. The number of fused-ring (bicyclic) bond motifs is 1. The van der Waals surface area contributed by atoms with E-state index >= 15 is 0 Å². The molecule has 0 saturated heterocycles. The van der Waals surface area contributed by atoms with Gasteiger partial charge in [-0.25, -0.2) is 8.42 Å². The van der Waals surface area contributed by atoms with Crippen molar-refractivity contribution in [1.82, 2.24) is 0 Å². The number of hydrogen-bond donors (Lipinski definition) is 3. The van der Waals surface area contributed by atoms with Crippen LogP contribution in [0.4, 0.5) is 11.4 Å². The fourth-order valence-electron chi connectivity index (χ4n) is 2.20. The quantitative estimate of drug-likeness (QED) is 0.648. The number of benzene rings is 3. The van der Waals surface area contributed by atoms with Gasteiger partial charge >= 0.3 is 0 Å². The summed E-state index contributed by atoms with van der Waals surface area (Å²) in [5, 5.41) is 11.2. The molecule has 0 radical (unpaired) electrons. The van der Waals surface area contributed by atoms with E-state index in [0.29, 0.717) is 22.1 Å². The fraction of sp³-hybridized carbons (Fsp3) is 0. The number of phenolic OH excluding ortho intramolecular Hbond substituents is 1. The van der Waals surface area contributed by atoms with Gasteiger partial charge in [-0.1, -0.05) is 24.3 Å². The average molecular weight is 314 g/mol. The van der Waals surface area contributed by atoms with Gasteiger partial charge in [0.05, 0.1) is 4.90 Å². The molecule has 0 amide bonds. The van der Waals surface area contributed by atoms with E-state index in [1.54, 1.807) is 48.5 Å². The highest BCUT2D eigenvalue weighted by Crippen LogP contribution is 2.30. The van der Waals surface area contributed by atoms with Crippen LogP contribution in [0.2, 0.25) is 0 Å². The van der Waals surface area contributed by atoms with Crippen LogP contribution >= 0.6 is 0 Å². The SMILES string of the molecule is Nc1ccc2cc(S(=O)(=O)Nc3ccccc3)cc(O)c2c1. The Hall–Kier alpha value is -2.73. The smallest absolute Gasteiger partial charge is 0.262 e. The third kappa shape index (κ3) is 2.68. The lowest BCUT2D eigenvalue weighted by Crippen LogP contribution is -2.12. The highest BCUT2D eigenvalue weighted by molar-refractivity contribution is 7.92. The highest BCUT2D eigenvalue weighted by atomic mass is 32.2. The van der Waals surface area contributed by atoms with Crippen molar-refractivity contribution in [3.63, 3.8) is 0 Å². The van der Waals surface area contributed by atoms with Gasteiger partial charge in [-0.05, 0) is 35.7 Å². The van der Waals surface area contributed by atoms with E-state index in [4.69, 9.17) is 5.73 Å². The van der Waals surface area contributed by atoms with E-state index in [0.717, 1.165) is 0 Å². The number of phenols is 1. The lowest BCUT2D eigenvalue weighted by Gasteiger charge is -2.10. The van der Waals surface area contributed by atoms with Gasteiger partial charge < -0.3 is 10.8 Å². The van der Waals surface area contributed by atoms with Crippen LogP contribution in [0.1, 0.15) is 0 Å². The van der Waals surface area contributed by atoms with Crippen molar-refractivity contribution in [2.75, 3.05) is 10.5 Å². The molecular weight excluding hydrogens is 300 g/mol. The maximum atomic E-state index is 12.4. The first-order valence-electron chi connectivity index (χ1n) is 6.56. The third-order valence-corrected chi connectivity index (χ3v) is 4.63. The second-order valence-corrected chi connectivity index (χ2v) is 6.58. The minimum atomic E-state index is -3.78. The third-order valence-electron chi connectivity index (χ3n) is 3.27. The van der Waals surface area contributed by atoms with E-state index in [2.05, 4.69) is 4.72 Å². The summed E-state index contributed by atoms with van der Waals surface area (Å²) in [5.41, 5.74) is 6.64. The second-order valence-electron chi connectivity index (χ2n) is 4.89. The Labute approximate surface area is 128 Å². The summed E-state index contributed by atoms with van der Waals surface area (Å²) in [6, 6.07) is 16.2. The van der Waals surface area contributed by atoms with Crippen LogP contribution in [0.15, 0.2) is 65.6 Å². The van der Waals surface area contributed by atoms with Crippen molar-refractivity contribution in [1.29, 1.82) is 0 Å². The summed E-state index contributed by atoms with van der Waals surface area (Å²) in [4.78, 5) is -0.00822. The predicted molar refractivity (Wildman–Crippen MR) is 87.3 cm³/mol. The predicted octanol–water partition coefficient (Wildman–Crippen LogP) is 2.93. The van der Waals surface area contributed by atoms with Gasteiger partial charge in [-0.2, -0.15) is 0 Å². The Morgan fingerprint density at radius 1 is 0.955 bits per heavy atom. The molecule has 0 aliphatic rings. The maximum absolute atomic E-state index is 12.4. The van der Waals surface area contributed by atoms with Crippen molar-refractivity contribution >= 4 is 32.2 Å². The molecule has 0 heterocycles. The summed E-state index contributed by atoms with van der Waals surface area (Å²) in [6.07, 6.45) is 0. The lowest BCUT2D eigenvalue weighted by atomic mass is 10.1. The van der Waals surface area contributed by atoms with Crippen LogP contribution < -0.4 is 10.5 Å². The lowest BCUT2D eigenvalue weighted by molar-refractivity contribution is 0.479. The molecule has 0 spiro atoms. The molecule has 3 rings (SSSR count). The van der Waals surface area contributed by atoms with Gasteiger partial charge in [0.15, 0.2) is 0 Å². The van der Waals surface area contributed by atoms with Gasteiger partial charge in [0.2, 0.25) is 0 Å². The number of hydrogen-bond acceptors (Lipinski definition) is 4. The van der Waals surface area contributed by atoms with Crippen molar-refractivity contribution in [2.45, 2.75) is 4.90 Å². The number of aromatic hydroxyl groups is 1. The fourth-order valence-corrected chi connectivity index (χ4v) is 3.32. The number of anilines is 2. The van der Waals surface area contributed by atoms with Gasteiger partial charge in [-0.3, -0.25) is 4.72 Å². The zero-order valence-corrected chi connectivity index (χ0v) is 12.3. The van der Waals surface area contributed by atoms with Crippen LogP contribution in [0.25, 0.3) is 10.8 Å². The highest BCUT2D eigenvalue weighted by Gasteiger charge is 2.16. The number of sulfonamides is 1. The van der Waals surface area contributed by atoms with Crippen LogP contribution in [-0.2, 0) is 10.0 Å². The van der Waals surface area contributed by atoms with Crippen molar-refractivity contribution in [2.24, 2.45) is 0 Å². The molecule has 3 aromatic carbocycles. The van der Waals surface area contributed by atoms with Crippen LogP contribution in [0, 0.1) is 0 Å². The molecular formula is C16H14N2O3S.